The number of carbonyl (C=O) groups is 1. The first-order valence-electron chi connectivity index (χ1n) is 4.19. The van der Waals surface area contributed by atoms with Crippen molar-refractivity contribution in [2.75, 3.05) is 6.54 Å². The molecule has 0 radical (unpaired) electrons. The fourth-order valence-electron chi connectivity index (χ4n) is 0.847. The standard InChI is InChI=1S/C9H13BrN2OS/c1-9(2,11)5-12-8(13)6-3-14-4-7(6)10/h3-4H,5,11H2,1-2H3,(H,12,13). The van der Waals surface area contributed by atoms with Crippen LogP contribution in [0, 0.1) is 0 Å². The fourth-order valence-corrected chi connectivity index (χ4v) is 2.30. The van der Waals surface area contributed by atoms with Gasteiger partial charge < -0.3 is 11.1 Å². The summed E-state index contributed by atoms with van der Waals surface area (Å²) in [6.07, 6.45) is 0. The SMILES string of the molecule is CC(C)(N)CNC(=O)c1cscc1Br. The number of hydrogen-bond acceptors (Lipinski definition) is 3. The Morgan fingerprint density at radius 2 is 2.29 bits per heavy atom. The van der Waals surface area contributed by atoms with Crippen molar-refractivity contribution in [2.45, 2.75) is 19.4 Å². The summed E-state index contributed by atoms with van der Waals surface area (Å²) in [7, 11) is 0. The minimum atomic E-state index is -0.377. The predicted molar refractivity (Wildman–Crippen MR) is 62.6 cm³/mol. The van der Waals surface area contributed by atoms with E-state index < -0.39 is 0 Å². The molecule has 0 saturated carbocycles. The number of halogens is 1. The molecular formula is C9H13BrN2OS. The normalized spacial score (nSPS) is 11.4. The lowest BCUT2D eigenvalue weighted by atomic mass is 10.1. The van der Waals surface area contributed by atoms with Gasteiger partial charge in [-0.05, 0) is 29.8 Å². The lowest BCUT2D eigenvalue weighted by Gasteiger charge is -2.18. The van der Waals surface area contributed by atoms with Crippen LogP contribution in [0.5, 0.6) is 0 Å². The Hall–Kier alpha value is -0.390. The second-order valence-corrected chi connectivity index (χ2v) is 5.40. The molecule has 0 aliphatic carbocycles. The van der Waals surface area contributed by atoms with E-state index >= 15 is 0 Å². The highest BCUT2D eigenvalue weighted by atomic mass is 79.9. The van der Waals surface area contributed by atoms with Gasteiger partial charge in [-0.2, -0.15) is 11.3 Å². The van der Waals surface area contributed by atoms with Crippen molar-refractivity contribution in [3.05, 3.63) is 20.8 Å². The number of carbonyl (C=O) groups excluding carboxylic acids is 1. The van der Waals surface area contributed by atoms with Crippen LogP contribution in [-0.2, 0) is 0 Å². The molecule has 0 aromatic carbocycles. The molecular weight excluding hydrogens is 264 g/mol. The number of hydrogen-bond donors (Lipinski definition) is 2. The van der Waals surface area contributed by atoms with E-state index in [0.717, 1.165) is 4.47 Å². The Balaban J connectivity index is 2.56. The van der Waals surface area contributed by atoms with E-state index in [1.807, 2.05) is 24.6 Å². The molecule has 1 heterocycles. The van der Waals surface area contributed by atoms with Crippen molar-refractivity contribution in [2.24, 2.45) is 5.73 Å². The molecule has 14 heavy (non-hydrogen) atoms. The lowest BCUT2D eigenvalue weighted by molar-refractivity contribution is 0.0946. The van der Waals surface area contributed by atoms with Gasteiger partial charge in [0.15, 0.2) is 0 Å². The first-order valence-corrected chi connectivity index (χ1v) is 5.92. The van der Waals surface area contributed by atoms with Crippen molar-refractivity contribution < 1.29 is 4.79 Å². The third kappa shape index (κ3) is 3.40. The van der Waals surface area contributed by atoms with Gasteiger partial charge in [0.1, 0.15) is 0 Å². The van der Waals surface area contributed by atoms with E-state index in [0.29, 0.717) is 12.1 Å². The van der Waals surface area contributed by atoms with Gasteiger partial charge in [-0.25, -0.2) is 0 Å². The van der Waals surface area contributed by atoms with Crippen molar-refractivity contribution in [1.29, 1.82) is 0 Å². The van der Waals surface area contributed by atoms with Gasteiger partial charge in [-0.15, -0.1) is 0 Å². The maximum Gasteiger partial charge on any atom is 0.253 e. The van der Waals surface area contributed by atoms with Crippen LogP contribution in [0.15, 0.2) is 15.2 Å². The van der Waals surface area contributed by atoms with E-state index in [1.165, 1.54) is 11.3 Å². The zero-order chi connectivity index (χ0) is 10.8. The summed E-state index contributed by atoms with van der Waals surface area (Å²) in [5, 5.41) is 6.46. The maximum atomic E-state index is 11.6. The summed E-state index contributed by atoms with van der Waals surface area (Å²) in [6, 6.07) is 0. The first kappa shape index (κ1) is 11.7. The molecule has 0 aliphatic heterocycles. The van der Waals surface area contributed by atoms with Crippen LogP contribution in [0.3, 0.4) is 0 Å². The smallest absolute Gasteiger partial charge is 0.253 e. The van der Waals surface area contributed by atoms with Gasteiger partial charge >= 0.3 is 0 Å². The predicted octanol–water partition coefficient (Wildman–Crippen LogP) is 1.98. The molecule has 3 nitrogen and oxygen atoms in total. The number of nitrogens with two attached hydrogens (primary N) is 1. The average Bonchev–Trinajstić information content (AvgIpc) is 2.46. The van der Waals surface area contributed by atoms with Crippen molar-refractivity contribution in [1.82, 2.24) is 5.32 Å². The highest BCUT2D eigenvalue weighted by Crippen LogP contribution is 2.20. The Kier molecular flexibility index (Phi) is 3.69. The van der Waals surface area contributed by atoms with Crippen molar-refractivity contribution in [3.63, 3.8) is 0 Å². The van der Waals surface area contributed by atoms with E-state index in [4.69, 9.17) is 5.73 Å². The van der Waals surface area contributed by atoms with Crippen LogP contribution in [0.2, 0.25) is 0 Å². The van der Waals surface area contributed by atoms with Gasteiger partial charge in [-0.1, -0.05) is 0 Å². The van der Waals surface area contributed by atoms with Gasteiger partial charge in [-0.3, -0.25) is 4.79 Å². The Bertz CT molecular complexity index is 330. The minimum Gasteiger partial charge on any atom is -0.350 e. The molecule has 0 bridgehead atoms. The molecule has 1 aromatic heterocycles. The van der Waals surface area contributed by atoms with E-state index in [-0.39, 0.29) is 11.4 Å². The third-order valence-corrected chi connectivity index (χ3v) is 3.27. The number of thiophene rings is 1. The van der Waals surface area contributed by atoms with Crippen molar-refractivity contribution in [3.8, 4) is 0 Å². The Labute approximate surface area is 95.8 Å². The molecule has 1 amide bonds. The molecule has 0 fully saturated rings. The second kappa shape index (κ2) is 4.42. The molecule has 3 N–H and O–H groups in total. The third-order valence-electron chi connectivity index (χ3n) is 1.56. The topological polar surface area (TPSA) is 55.1 Å². The number of amides is 1. The van der Waals surface area contributed by atoms with Crippen LogP contribution in [-0.4, -0.2) is 18.0 Å². The minimum absolute atomic E-state index is 0.0864. The molecule has 0 saturated heterocycles. The van der Waals surface area contributed by atoms with Crippen LogP contribution in [0.25, 0.3) is 0 Å². The lowest BCUT2D eigenvalue weighted by Crippen LogP contribution is -2.45. The van der Waals surface area contributed by atoms with Crippen LogP contribution >= 0.6 is 27.3 Å². The van der Waals surface area contributed by atoms with E-state index in [9.17, 15) is 4.79 Å². The molecule has 0 atom stereocenters. The van der Waals surface area contributed by atoms with E-state index in [2.05, 4.69) is 21.2 Å². The van der Waals surface area contributed by atoms with E-state index in [1.54, 1.807) is 0 Å². The van der Waals surface area contributed by atoms with Crippen LogP contribution in [0.4, 0.5) is 0 Å². The summed E-state index contributed by atoms with van der Waals surface area (Å²) >= 11 is 4.79. The first-order chi connectivity index (χ1) is 6.40. The molecule has 78 valence electrons. The Morgan fingerprint density at radius 1 is 1.64 bits per heavy atom. The quantitative estimate of drug-likeness (QED) is 0.887. The number of rotatable bonds is 3. The van der Waals surface area contributed by atoms with Gasteiger partial charge in [0, 0.05) is 27.3 Å². The maximum absolute atomic E-state index is 11.6. The molecule has 0 spiro atoms. The van der Waals surface area contributed by atoms with Crippen LogP contribution < -0.4 is 11.1 Å². The Morgan fingerprint density at radius 3 is 2.71 bits per heavy atom. The van der Waals surface area contributed by atoms with Crippen LogP contribution in [0.1, 0.15) is 24.2 Å². The monoisotopic (exact) mass is 276 g/mol. The summed E-state index contributed by atoms with van der Waals surface area (Å²) < 4.78 is 0.829. The molecule has 1 aromatic rings. The zero-order valence-corrected chi connectivity index (χ0v) is 10.5. The van der Waals surface area contributed by atoms with Gasteiger partial charge in [0.05, 0.1) is 5.56 Å². The van der Waals surface area contributed by atoms with Crippen molar-refractivity contribution >= 4 is 33.2 Å². The highest BCUT2D eigenvalue weighted by Gasteiger charge is 2.15. The summed E-state index contributed by atoms with van der Waals surface area (Å²) in [4.78, 5) is 11.6. The van der Waals surface area contributed by atoms with Gasteiger partial charge in [0.25, 0.3) is 5.91 Å². The molecule has 0 unspecified atom stereocenters. The second-order valence-electron chi connectivity index (χ2n) is 3.80. The molecule has 1 rings (SSSR count). The molecule has 0 aliphatic rings. The fraction of sp³-hybridized carbons (Fsp3) is 0.444. The summed E-state index contributed by atoms with van der Waals surface area (Å²) in [5.41, 5.74) is 6.04. The largest absolute Gasteiger partial charge is 0.350 e. The highest BCUT2D eigenvalue weighted by molar-refractivity contribution is 9.10. The number of nitrogens with one attached hydrogen (secondary N) is 1. The summed E-state index contributed by atoms with van der Waals surface area (Å²) in [6.45, 7) is 4.21. The molecule has 5 heteroatoms. The zero-order valence-electron chi connectivity index (χ0n) is 8.13. The van der Waals surface area contributed by atoms with Gasteiger partial charge in [0.2, 0.25) is 0 Å². The average molecular weight is 277 g/mol. The summed E-state index contributed by atoms with van der Waals surface area (Å²) in [5.74, 6) is -0.0864.